The smallest absolute Gasteiger partial charge is 0.475 e. The van der Waals surface area contributed by atoms with Crippen molar-refractivity contribution < 1.29 is 55.6 Å². The Kier molecular flexibility index (Phi) is 12.3. The van der Waals surface area contributed by atoms with Crippen molar-refractivity contribution in [1.82, 2.24) is 9.80 Å². The fourth-order valence-electron chi connectivity index (χ4n) is 4.43. The highest BCUT2D eigenvalue weighted by atomic mass is 32.1. The number of aliphatic carboxylic acids is 2. The van der Waals surface area contributed by atoms with E-state index in [0.29, 0.717) is 12.0 Å². The molecule has 15 heteroatoms. The van der Waals surface area contributed by atoms with Gasteiger partial charge in [0.15, 0.2) is 0 Å². The molecule has 1 aromatic heterocycles. The summed E-state index contributed by atoms with van der Waals surface area (Å²) in [7, 11) is 0. The van der Waals surface area contributed by atoms with E-state index in [9.17, 15) is 26.3 Å². The second kappa shape index (κ2) is 14.4. The third-order valence-corrected chi connectivity index (χ3v) is 7.19. The van der Waals surface area contributed by atoms with E-state index in [1.807, 2.05) is 11.3 Å². The van der Waals surface area contributed by atoms with Crippen LogP contribution in [0.5, 0.6) is 0 Å². The van der Waals surface area contributed by atoms with E-state index in [-0.39, 0.29) is 0 Å². The van der Waals surface area contributed by atoms with E-state index < -0.39 is 24.3 Å². The van der Waals surface area contributed by atoms with Crippen LogP contribution in [0.1, 0.15) is 22.6 Å². The molecule has 0 amide bonds. The Labute approximate surface area is 220 Å². The number of likely N-dealkylation sites (tertiary alicyclic amines) is 1. The molecule has 3 saturated heterocycles. The second-order valence-electron chi connectivity index (χ2n) is 9.30. The molecule has 4 rings (SSSR count). The highest BCUT2D eigenvalue weighted by molar-refractivity contribution is 7.11. The molecule has 0 unspecified atom stereocenters. The summed E-state index contributed by atoms with van der Waals surface area (Å²) in [5.41, 5.74) is 0. The van der Waals surface area contributed by atoms with Gasteiger partial charge in [-0.2, -0.15) is 26.3 Å². The topological polar surface area (TPSA) is 99.5 Å². The zero-order chi connectivity index (χ0) is 28.5. The molecule has 0 bridgehead atoms. The second-order valence-corrected chi connectivity index (χ2v) is 10.7. The van der Waals surface area contributed by atoms with Gasteiger partial charge in [0.2, 0.25) is 0 Å². The van der Waals surface area contributed by atoms with Crippen LogP contribution < -0.4 is 0 Å². The Bertz CT molecular complexity index is 866. The molecule has 3 aliphatic heterocycles. The predicted octanol–water partition coefficient (Wildman–Crippen LogP) is 3.88. The van der Waals surface area contributed by atoms with Crippen LogP contribution in [-0.4, -0.2) is 103 Å². The number of rotatable bonds is 4. The number of hydrogen-bond acceptors (Lipinski definition) is 7. The van der Waals surface area contributed by atoms with Gasteiger partial charge in [0.1, 0.15) is 0 Å². The van der Waals surface area contributed by atoms with Crippen LogP contribution in [0.4, 0.5) is 26.3 Å². The summed E-state index contributed by atoms with van der Waals surface area (Å²) in [5.74, 6) is -4.02. The first kappa shape index (κ1) is 32.3. The Morgan fingerprint density at radius 2 is 1.50 bits per heavy atom. The van der Waals surface area contributed by atoms with Crippen molar-refractivity contribution in [3.63, 3.8) is 0 Å². The largest absolute Gasteiger partial charge is 0.490 e. The fraction of sp³-hybridized carbons (Fsp3) is 0.739. The Morgan fingerprint density at radius 1 is 0.947 bits per heavy atom. The van der Waals surface area contributed by atoms with E-state index in [4.69, 9.17) is 29.3 Å². The van der Waals surface area contributed by atoms with E-state index in [1.54, 1.807) is 0 Å². The molecule has 4 heterocycles. The van der Waals surface area contributed by atoms with Gasteiger partial charge in [-0.3, -0.25) is 4.90 Å². The molecule has 0 aliphatic carbocycles. The molecular formula is C23H32F6N2O6S. The SMILES string of the molecule is Cc1ccc(CN2C[C@@H]3CN(CC4CCOCC4)CCO[C@@H]3C2)s1.O=C(O)C(F)(F)F.O=C(O)C(F)(F)F. The normalized spacial score (nSPS) is 23.3. The van der Waals surface area contributed by atoms with Gasteiger partial charge in [-0.25, -0.2) is 9.59 Å². The van der Waals surface area contributed by atoms with Gasteiger partial charge in [-0.15, -0.1) is 11.3 Å². The zero-order valence-corrected chi connectivity index (χ0v) is 21.6. The van der Waals surface area contributed by atoms with Crippen LogP contribution >= 0.6 is 11.3 Å². The van der Waals surface area contributed by atoms with Crippen LogP contribution in [0.15, 0.2) is 12.1 Å². The fourth-order valence-corrected chi connectivity index (χ4v) is 5.36. The van der Waals surface area contributed by atoms with Crippen molar-refractivity contribution >= 4 is 23.3 Å². The molecule has 2 N–H and O–H groups in total. The maximum atomic E-state index is 10.6. The first-order valence-electron chi connectivity index (χ1n) is 11.9. The van der Waals surface area contributed by atoms with Crippen LogP contribution in [-0.2, 0) is 25.6 Å². The minimum Gasteiger partial charge on any atom is -0.475 e. The highest BCUT2D eigenvalue weighted by Gasteiger charge is 2.39. The molecule has 0 saturated carbocycles. The molecule has 0 spiro atoms. The number of hydrogen-bond donors (Lipinski definition) is 2. The summed E-state index contributed by atoms with van der Waals surface area (Å²) < 4.78 is 75.2. The average Bonchev–Trinajstić information content (AvgIpc) is 3.34. The van der Waals surface area contributed by atoms with Crippen LogP contribution in [0, 0.1) is 18.8 Å². The maximum absolute atomic E-state index is 10.6. The Balaban J connectivity index is 0.000000301. The highest BCUT2D eigenvalue weighted by Crippen LogP contribution is 2.28. The van der Waals surface area contributed by atoms with E-state index in [2.05, 4.69) is 28.9 Å². The minimum absolute atomic E-state index is 0.436. The predicted molar refractivity (Wildman–Crippen MR) is 125 cm³/mol. The van der Waals surface area contributed by atoms with Crippen molar-refractivity contribution in [2.45, 2.75) is 44.8 Å². The lowest BCUT2D eigenvalue weighted by Gasteiger charge is -2.30. The number of aryl methyl sites for hydroxylation is 1. The number of carbonyl (C=O) groups is 2. The minimum atomic E-state index is -5.08. The quantitative estimate of drug-likeness (QED) is 0.520. The number of fused-ring (bicyclic) bond motifs is 1. The summed E-state index contributed by atoms with van der Waals surface area (Å²) in [6, 6.07) is 4.52. The zero-order valence-electron chi connectivity index (χ0n) is 20.8. The van der Waals surface area contributed by atoms with Crippen LogP contribution in [0.25, 0.3) is 0 Å². The van der Waals surface area contributed by atoms with E-state index in [0.717, 1.165) is 45.4 Å². The number of carboxylic acids is 2. The Morgan fingerprint density at radius 3 is 2.00 bits per heavy atom. The monoisotopic (exact) mass is 578 g/mol. The molecule has 2 atom stereocenters. The van der Waals surface area contributed by atoms with Gasteiger partial charge in [-0.05, 0) is 37.8 Å². The maximum Gasteiger partial charge on any atom is 0.490 e. The van der Waals surface area contributed by atoms with Crippen molar-refractivity contribution in [2.24, 2.45) is 11.8 Å². The van der Waals surface area contributed by atoms with Gasteiger partial charge in [0, 0.05) is 68.2 Å². The summed E-state index contributed by atoms with van der Waals surface area (Å²) >= 11 is 1.93. The standard InChI is InChI=1S/C19H30N2O2S.2C2HF3O2/c1-15-2-3-18(24-15)13-21-12-17-11-20(6-9-23-19(17)14-21)10-16-4-7-22-8-5-16;2*3-2(4,5)1(6)7/h2-3,16-17,19H,4-14H2,1H3;2*(H,6,7)/t17-,19+;;/m0../s1. The van der Waals surface area contributed by atoms with Crippen LogP contribution in [0.2, 0.25) is 0 Å². The van der Waals surface area contributed by atoms with Crippen molar-refractivity contribution in [3.8, 4) is 0 Å². The van der Waals surface area contributed by atoms with Crippen molar-refractivity contribution in [1.29, 1.82) is 0 Å². The van der Waals surface area contributed by atoms with Gasteiger partial charge in [0.25, 0.3) is 0 Å². The lowest BCUT2D eigenvalue weighted by Crippen LogP contribution is -2.37. The molecule has 3 fully saturated rings. The number of thiophene rings is 1. The molecule has 0 radical (unpaired) electrons. The molecule has 1 aromatic rings. The molecular weight excluding hydrogens is 546 g/mol. The van der Waals surface area contributed by atoms with Gasteiger partial charge in [-0.1, -0.05) is 0 Å². The first-order chi connectivity index (χ1) is 17.6. The molecule has 3 aliphatic rings. The molecule has 38 heavy (non-hydrogen) atoms. The number of nitrogens with zero attached hydrogens (tertiary/aromatic N) is 2. The first-order valence-corrected chi connectivity index (χ1v) is 12.8. The summed E-state index contributed by atoms with van der Waals surface area (Å²) in [4.78, 5) is 26.0. The van der Waals surface area contributed by atoms with Gasteiger partial charge in [0.05, 0.1) is 12.7 Å². The summed E-state index contributed by atoms with van der Waals surface area (Å²) in [6.07, 6.45) is -7.27. The number of halogens is 6. The lowest BCUT2D eigenvalue weighted by atomic mass is 9.98. The number of ether oxygens (including phenoxy) is 2. The third-order valence-electron chi connectivity index (χ3n) is 6.21. The molecule has 8 nitrogen and oxygen atoms in total. The van der Waals surface area contributed by atoms with E-state index in [1.165, 1.54) is 42.2 Å². The van der Waals surface area contributed by atoms with Crippen molar-refractivity contribution in [3.05, 3.63) is 21.9 Å². The molecule has 0 aromatic carbocycles. The van der Waals surface area contributed by atoms with E-state index >= 15 is 0 Å². The molecule has 218 valence electrons. The van der Waals surface area contributed by atoms with Gasteiger partial charge >= 0.3 is 24.3 Å². The summed E-state index contributed by atoms with van der Waals surface area (Å²) in [6.45, 7) is 11.9. The Hall–Kier alpha value is -1.94. The third kappa shape index (κ3) is 11.4. The number of carboxylic acid groups (broad SMARTS) is 2. The average molecular weight is 579 g/mol. The van der Waals surface area contributed by atoms with Crippen LogP contribution in [0.3, 0.4) is 0 Å². The number of alkyl halides is 6. The van der Waals surface area contributed by atoms with Crippen molar-refractivity contribution in [2.75, 3.05) is 52.5 Å². The van der Waals surface area contributed by atoms with Gasteiger partial charge < -0.3 is 24.6 Å². The summed E-state index contributed by atoms with van der Waals surface area (Å²) in [5, 5.41) is 14.2. The lowest BCUT2D eigenvalue weighted by molar-refractivity contribution is -0.193.